The van der Waals surface area contributed by atoms with Crippen LogP contribution in [0.4, 0.5) is 14.5 Å². The van der Waals surface area contributed by atoms with Gasteiger partial charge in [-0.3, -0.25) is 9.59 Å². The van der Waals surface area contributed by atoms with E-state index in [0.717, 1.165) is 12.1 Å². The lowest BCUT2D eigenvalue weighted by molar-refractivity contribution is -0.116. The summed E-state index contributed by atoms with van der Waals surface area (Å²) < 4.78 is 60.5. The number of benzene rings is 2. The second-order valence-electron chi connectivity index (χ2n) is 8.07. The third-order valence-corrected chi connectivity index (χ3v) is 7.20. The van der Waals surface area contributed by atoms with Crippen molar-refractivity contribution in [2.75, 3.05) is 31.5 Å². The Morgan fingerprint density at radius 2 is 1.62 bits per heavy atom. The zero-order valence-corrected chi connectivity index (χ0v) is 19.9. The number of likely N-dealkylation sites (N-methyl/N-ethyl adjacent to an activating group) is 1. The molecule has 1 aliphatic rings. The Bertz CT molecular complexity index is 1130. The highest BCUT2D eigenvalue weighted by atomic mass is 32.2. The summed E-state index contributed by atoms with van der Waals surface area (Å²) in [7, 11) is -3.76. The molecule has 2 unspecified atom stereocenters. The van der Waals surface area contributed by atoms with Gasteiger partial charge in [0, 0.05) is 25.2 Å². The van der Waals surface area contributed by atoms with Crippen molar-refractivity contribution < 1.29 is 31.5 Å². The molecule has 2 atom stereocenters. The van der Waals surface area contributed by atoms with E-state index in [1.807, 2.05) is 0 Å². The van der Waals surface area contributed by atoms with Crippen molar-refractivity contribution in [1.82, 2.24) is 9.21 Å². The summed E-state index contributed by atoms with van der Waals surface area (Å²) in [5.74, 6) is -3.15. The van der Waals surface area contributed by atoms with Crippen LogP contribution in [0.3, 0.4) is 0 Å². The van der Waals surface area contributed by atoms with Gasteiger partial charge in [0.05, 0.1) is 17.1 Å². The van der Waals surface area contributed by atoms with Crippen molar-refractivity contribution in [3.63, 3.8) is 0 Å². The number of para-hydroxylation sites is 1. The summed E-state index contributed by atoms with van der Waals surface area (Å²) >= 11 is 0. The van der Waals surface area contributed by atoms with Crippen molar-refractivity contribution in [3.8, 4) is 0 Å². The van der Waals surface area contributed by atoms with E-state index in [1.165, 1.54) is 39.5 Å². The molecule has 2 aromatic rings. The summed E-state index contributed by atoms with van der Waals surface area (Å²) in [5.41, 5.74) is -0.410. The van der Waals surface area contributed by atoms with Gasteiger partial charge in [-0.25, -0.2) is 17.2 Å². The summed E-state index contributed by atoms with van der Waals surface area (Å²) in [6, 6.07) is 8.63. The number of sulfonamides is 1. The van der Waals surface area contributed by atoms with Crippen LogP contribution in [0.2, 0.25) is 0 Å². The fourth-order valence-electron chi connectivity index (χ4n) is 3.72. The minimum absolute atomic E-state index is 0.0427. The molecule has 0 saturated carbocycles. The van der Waals surface area contributed by atoms with Crippen LogP contribution < -0.4 is 5.32 Å². The summed E-state index contributed by atoms with van der Waals surface area (Å²) in [4.78, 5) is 26.4. The Labute approximate surface area is 197 Å². The third-order valence-electron chi connectivity index (χ3n) is 5.36. The standard InChI is InChI=1S/C23H27F2N3O5S/c1-4-27(14-21(29)26-22-19(24)6-5-7-20(22)25)23(30)17-8-10-18(11-9-17)34(31,32)28-12-15(2)33-16(3)13-28/h5-11,15-16H,4,12-14H2,1-3H3,(H,26,29). The first-order valence-electron chi connectivity index (χ1n) is 10.8. The van der Waals surface area contributed by atoms with Crippen molar-refractivity contribution in [1.29, 1.82) is 0 Å². The van der Waals surface area contributed by atoms with Crippen LogP contribution in [-0.4, -0.2) is 67.8 Å². The maximum Gasteiger partial charge on any atom is 0.254 e. The third kappa shape index (κ3) is 5.78. The van der Waals surface area contributed by atoms with Crippen molar-refractivity contribution in [2.24, 2.45) is 0 Å². The average molecular weight is 496 g/mol. The molecule has 1 fully saturated rings. The maximum absolute atomic E-state index is 13.8. The van der Waals surface area contributed by atoms with E-state index >= 15 is 0 Å². The number of carbonyl (C=O) groups excluding carboxylic acids is 2. The van der Waals surface area contributed by atoms with E-state index in [0.29, 0.717) is 0 Å². The number of amides is 2. The highest BCUT2D eigenvalue weighted by Gasteiger charge is 2.32. The number of hydrogen-bond donors (Lipinski definition) is 1. The lowest BCUT2D eigenvalue weighted by atomic mass is 10.2. The van der Waals surface area contributed by atoms with Crippen LogP contribution in [0.1, 0.15) is 31.1 Å². The molecule has 34 heavy (non-hydrogen) atoms. The minimum Gasteiger partial charge on any atom is -0.373 e. The molecule has 3 rings (SSSR count). The first kappa shape index (κ1) is 25.7. The lowest BCUT2D eigenvalue weighted by Crippen LogP contribution is -2.48. The van der Waals surface area contributed by atoms with Gasteiger partial charge in [-0.2, -0.15) is 4.31 Å². The van der Waals surface area contributed by atoms with Gasteiger partial charge in [-0.05, 0) is 57.2 Å². The van der Waals surface area contributed by atoms with Gasteiger partial charge in [-0.15, -0.1) is 0 Å². The van der Waals surface area contributed by atoms with Gasteiger partial charge < -0.3 is 15.0 Å². The zero-order valence-electron chi connectivity index (χ0n) is 19.1. The molecule has 1 aliphatic heterocycles. The van der Waals surface area contributed by atoms with Crippen LogP contribution in [0.5, 0.6) is 0 Å². The van der Waals surface area contributed by atoms with Crippen LogP contribution in [0.15, 0.2) is 47.4 Å². The minimum atomic E-state index is -3.76. The van der Waals surface area contributed by atoms with Crippen LogP contribution >= 0.6 is 0 Å². The fourth-order valence-corrected chi connectivity index (χ4v) is 5.32. The quantitative estimate of drug-likeness (QED) is 0.637. The molecule has 184 valence electrons. The van der Waals surface area contributed by atoms with Gasteiger partial charge in [-0.1, -0.05) is 6.07 Å². The highest BCUT2D eigenvalue weighted by molar-refractivity contribution is 7.89. The van der Waals surface area contributed by atoms with E-state index in [1.54, 1.807) is 20.8 Å². The molecule has 2 aromatic carbocycles. The number of rotatable bonds is 7. The van der Waals surface area contributed by atoms with Gasteiger partial charge in [0.1, 0.15) is 23.9 Å². The van der Waals surface area contributed by atoms with E-state index in [9.17, 15) is 26.8 Å². The molecule has 1 heterocycles. The van der Waals surface area contributed by atoms with E-state index < -0.39 is 45.7 Å². The second kappa shape index (κ2) is 10.6. The molecule has 2 amide bonds. The predicted octanol–water partition coefficient (Wildman–Crippen LogP) is 2.86. The number of anilines is 1. The number of ether oxygens (including phenoxy) is 1. The predicted molar refractivity (Wildman–Crippen MR) is 122 cm³/mol. The Morgan fingerprint density at radius 1 is 1.06 bits per heavy atom. The molecule has 11 heteroatoms. The molecule has 0 aliphatic carbocycles. The summed E-state index contributed by atoms with van der Waals surface area (Å²) in [5, 5.41) is 2.14. The normalized spacial score (nSPS) is 19.0. The van der Waals surface area contributed by atoms with Crippen molar-refractivity contribution in [3.05, 3.63) is 59.7 Å². The maximum atomic E-state index is 13.8. The Morgan fingerprint density at radius 3 is 2.15 bits per heavy atom. The van der Waals surface area contributed by atoms with Gasteiger partial charge in [0.2, 0.25) is 15.9 Å². The van der Waals surface area contributed by atoms with Gasteiger partial charge in [0.15, 0.2) is 0 Å². The lowest BCUT2D eigenvalue weighted by Gasteiger charge is -2.34. The summed E-state index contributed by atoms with van der Waals surface area (Å²) in [6.07, 6.45) is -0.469. The molecular weight excluding hydrogens is 468 g/mol. The molecule has 1 N–H and O–H groups in total. The number of halogens is 2. The number of nitrogens with one attached hydrogen (secondary N) is 1. The summed E-state index contributed by atoms with van der Waals surface area (Å²) in [6.45, 7) is 5.42. The Hall–Kier alpha value is -2.89. The van der Waals surface area contributed by atoms with Crippen LogP contribution in [-0.2, 0) is 19.6 Å². The fraction of sp³-hybridized carbons (Fsp3) is 0.391. The number of hydrogen-bond acceptors (Lipinski definition) is 5. The van der Waals surface area contributed by atoms with E-state index in [4.69, 9.17) is 4.74 Å². The number of morpholine rings is 1. The molecule has 0 bridgehead atoms. The molecule has 1 saturated heterocycles. The topological polar surface area (TPSA) is 96.0 Å². The molecule has 0 spiro atoms. The van der Waals surface area contributed by atoms with E-state index in [2.05, 4.69) is 5.32 Å². The molecule has 0 aromatic heterocycles. The monoisotopic (exact) mass is 495 g/mol. The number of carbonyl (C=O) groups is 2. The van der Waals surface area contributed by atoms with Crippen LogP contribution in [0.25, 0.3) is 0 Å². The van der Waals surface area contributed by atoms with Crippen molar-refractivity contribution in [2.45, 2.75) is 37.9 Å². The first-order valence-corrected chi connectivity index (χ1v) is 12.3. The average Bonchev–Trinajstić information content (AvgIpc) is 2.79. The zero-order chi connectivity index (χ0) is 25.0. The van der Waals surface area contributed by atoms with Gasteiger partial charge >= 0.3 is 0 Å². The molecule has 0 radical (unpaired) electrons. The Balaban J connectivity index is 1.70. The Kier molecular flexibility index (Phi) is 8.01. The molecule has 8 nitrogen and oxygen atoms in total. The number of nitrogens with zero attached hydrogens (tertiary/aromatic N) is 2. The van der Waals surface area contributed by atoms with E-state index in [-0.39, 0.29) is 42.3 Å². The smallest absolute Gasteiger partial charge is 0.254 e. The highest BCUT2D eigenvalue weighted by Crippen LogP contribution is 2.22. The molecular formula is C23H27F2N3O5S. The first-order chi connectivity index (χ1) is 16.0. The second-order valence-corrected chi connectivity index (χ2v) is 10.0. The SMILES string of the molecule is CCN(CC(=O)Nc1c(F)cccc1F)C(=O)c1ccc(S(=O)(=O)N2CC(C)OC(C)C2)cc1. The largest absolute Gasteiger partial charge is 0.373 e. The van der Waals surface area contributed by atoms with Gasteiger partial charge in [0.25, 0.3) is 5.91 Å². The van der Waals surface area contributed by atoms with Crippen LogP contribution in [0, 0.1) is 11.6 Å². The van der Waals surface area contributed by atoms with Crippen molar-refractivity contribution >= 4 is 27.5 Å².